The molecule has 0 atom stereocenters. The van der Waals surface area contributed by atoms with Crippen molar-refractivity contribution in [1.29, 1.82) is 0 Å². The Kier molecular flexibility index (Phi) is 5.88. The normalized spacial score (nSPS) is 11.1. The van der Waals surface area contributed by atoms with Crippen LogP contribution in [0.4, 0.5) is 0 Å². The van der Waals surface area contributed by atoms with Crippen molar-refractivity contribution < 1.29 is 4.79 Å². The number of hydrogen-bond acceptors (Lipinski definition) is 4. The first-order chi connectivity index (χ1) is 13.8. The smallest absolute Gasteiger partial charge is 0.332 e. The lowest BCUT2D eigenvalue weighted by Gasteiger charge is -2.20. The van der Waals surface area contributed by atoms with Crippen molar-refractivity contribution in [3.63, 3.8) is 0 Å². The predicted molar refractivity (Wildman–Crippen MR) is 114 cm³/mol. The molecular formula is C21H23ClN4O3. The van der Waals surface area contributed by atoms with E-state index in [0.717, 1.165) is 4.57 Å². The molecule has 0 aliphatic heterocycles. The van der Waals surface area contributed by atoms with Gasteiger partial charge in [-0.25, -0.2) is 9.78 Å². The van der Waals surface area contributed by atoms with Crippen LogP contribution < -0.4 is 11.2 Å². The van der Waals surface area contributed by atoms with Crippen LogP contribution in [0.5, 0.6) is 0 Å². The van der Waals surface area contributed by atoms with Gasteiger partial charge in [-0.2, -0.15) is 0 Å². The summed E-state index contributed by atoms with van der Waals surface area (Å²) in [6.45, 7) is 6.58. The minimum absolute atomic E-state index is 0.0504. The van der Waals surface area contributed by atoms with Gasteiger partial charge in [0.2, 0.25) is 0 Å². The van der Waals surface area contributed by atoms with Crippen LogP contribution in [0.3, 0.4) is 0 Å². The first kappa shape index (κ1) is 20.8. The minimum atomic E-state index is -0.536. The largest absolute Gasteiger partial charge is 0.339 e. The number of fused-ring (bicyclic) bond motifs is 1. The molecule has 0 saturated heterocycles. The maximum atomic E-state index is 13.3. The van der Waals surface area contributed by atoms with Crippen molar-refractivity contribution in [2.75, 3.05) is 13.1 Å². The lowest BCUT2D eigenvalue weighted by atomic mass is 10.1. The van der Waals surface area contributed by atoms with E-state index in [1.807, 2.05) is 13.8 Å². The molecule has 0 N–H and O–H groups in total. The monoisotopic (exact) mass is 414 g/mol. The fourth-order valence-electron chi connectivity index (χ4n) is 3.41. The molecule has 152 valence electrons. The SMILES string of the molecule is CCN(CC)C(=O)c1cc(C)nc2c1c(=O)n(Cc1cccc(Cl)c1)c(=O)n2C. The average Bonchev–Trinajstić information content (AvgIpc) is 2.69. The number of pyridine rings is 1. The summed E-state index contributed by atoms with van der Waals surface area (Å²) in [6.07, 6.45) is 0. The van der Waals surface area contributed by atoms with Crippen molar-refractivity contribution in [2.45, 2.75) is 27.3 Å². The fourth-order valence-corrected chi connectivity index (χ4v) is 3.62. The lowest BCUT2D eigenvalue weighted by Crippen LogP contribution is -2.41. The highest BCUT2D eigenvalue weighted by Gasteiger charge is 2.22. The summed E-state index contributed by atoms with van der Waals surface area (Å²) < 4.78 is 2.43. The Labute approximate surface area is 173 Å². The second-order valence-electron chi connectivity index (χ2n) is 6.85. The highest BCUT2D eigenvalue weighted by molar-refractivity contribution is 6.30. The van der Waals surface area contributed by atoms with Gasteiger partial charge in [-0.05, 0) is 44.5 Å². The number of halogens is 1. The van der Waals surface area contributed by atoms with E-state index < -0.39 is 11.2 Å². The summed E-state index contributed by atoms with van der Waals surface area (Å²) in [5, 5.41) is 0.666. The Hall–Kier alpha value is -2.93. The van der Waals surface area contributed by atoms with Gasteiger partial charge in [-0.1, -0.05) is 23.7 Å². The molecule has 0 aliphatic carbocycles. The molecule has 3 rings (SSSR count). The van der Waals surface area contributed by atoms with E-state index in [1.54, 1.807) is 49.2 Å². The molecule has 0 radical (unpaired) electrons. The molecule has 0 saturated carbocycles. The standard InChI is InChI=1S/C21H23ClN4O3/c1-5-25(6-2)19(27)16-10-13(3)23-18-17(16)20(28)26(21(29)24(18)4)12-14-8-7-9-15(22)11-14/h7-11H,5-6,12H2,1-4H3. The molecule has 0 unspecified atom stereocenters. The van der Waals surface area contributed by atoms with Crippen LogP contribution in [0.25, 0.3) is 11.0 Å². The van der Waals surface area contributed by atoms with Gasteiger partial charge in [0.15, 0.2) is 0 Å². The molecule has 8 heteroatoms. The van der Waals surface area contributed by atoms with Gasteiger partial charge in [0.05, 0.1) is 17.5 Å². The summed E-state index contributed by atoms with van der Waals surface area (Å²) in [4.78, 5) is 45.3. The maximum Gasteiger partial charge on any atom is 0.332 e. The second-order valence-corrected chi connectivity index (χ2v) is 7.29. The third-order valence-electron chi connectivity index (χ3n) is 4.93. The average molecular weight is 415 g/mol. The van der Waals surface area contributed by atoms with Gasteiger partial charge in [0.1, 0.15) is 5.65 Å². The van der Waals surface area contributed by atoms with Gasteiger partial charge in [0.25, 0.3) is 11.5 Å². The number of carbonyl (C=O) groups is 1. The van der Waals surface area contributed by atoms with Crippen molar-refractivity contribution in [3.05, 3.63) is 73.0 Å². The molecule has 3 aromatic rings. The molecule has 0 spiro atoms. The molecule has 0 fully saturated rings. The number of rotatable bonds is 5. The van der Waals surface area contributed by atoms with Crippen LogP contribution in [-0.2, 0) is 13.6 Å². The van der Waals surface area contributed by atoms with E-state index in [2.05, 4.69) is 4.98 Å². The van der Waals surface area contributed by atoms with Crippen LogP contribution >= 0.6 is 11.6 Å². The summed E-state index contributed by atoms with van der Waals surface area (Å²) in [5.74, 6) is -0.254. The van der Waals surface area contributed by atoms with Crippen molar-refractivity contribution in [1.82, 2.24) is 19.0 Å². The van der Waals surface area contributed by atoms with Gasteiger partial charge < -0.3 is 4.90 Å². The fraction of sp³-hybridized carbons (Fsp3) is 0.333. The van der Waals surface area contributed by atoms with E-state index in [0.29, 0.717) is 29.4 Å². The van der Waals surface area contributed by atoms with Gasteiger partial charge in [-0.3, -0.25) is 18.7 Å². The van der Waals surface area contributed by atoms with Crippen LogP contribution in [0.2, 0.25) is 5.02 Å². The molecule has 0 aliphatic rings. The number of amides is 1. The molecule has 1 aromatic carbocycles. The number of hydrogen-bond donors (Lipinski definition) is 0. The van der Waals surface area contributed by atoms with Crippen LogP contribution in [0.15, 0.2) is 39.9 Å². The second kappa shape index (κ2) is 8.21. The molecule has 2 heterocycles. The summed E-state index contributed by atoms with van der Waals surface area (Å²) in [6, 6.07) is 8.58. The third-order valence-corrected chi connectivity index (χ3v) is 5.17. The molecule has 2 aromatic heterocycles. The Morgan fingerprint density at radius 3 is 2.48 bits per heavy atom. The maximum absolute atomic E-state index is 13.3. The number of aromatic nitrogens is 3. The number of carbonyl (C=O) groups excluding carboxylic acids is 1. The van der Waals surface area contributed by atoms with Crippen molar-refractivity contribution in [3.8, 4) is 0 Å². The zero-order chi connectivity index (χ0) is 21.3. The van der Waals surface area contributed by atoms with E-state index in [-0.39, 0.29) is 29.0 Å². The topological polar surface area (TPSA) is 77.2 Å². The Morgan fingerprint density at radius 1 is 1.17 bits per heavy atom. The highest BCUT2D eigenvalue weighted by atomic mass is 35.5. The number of aryl methyl sites for hydroxylation is 2. The molecular weight excluding hydrogens is 392 g/mol. The quantitative estimate of drug-likeness (QED) is 0.643. The van der Waals surface area contributed by atoms with Crippen LogP contribution in [0.1, 0.15) is 35.5 Å². The summed E-state index contributed by atoms with van der Waals surface area (Å²) >= 11 is 6.04. The van der Waals surface area contributed by atoms with E-state index in [1.165, 1.54) is 4.57 Å². The molecule has 1 amide bonds. The lowest BCUT2D eigenvalue weighted by molar-refractivity contribution is 0.0774. The zero-order valence-electron chi connectivity index (χ0n) is 16.9. The van der Waals surface area contributed by atoms with Gasteiger partial charge >= 0.3 is 5.69 Å². The zero-order valence-corrected chi connectivity index (χ0v) is 17.7. The third kappa shape index (κ3) is 3.82. The van der Waals surface area contributed by atoms with Crippen molar-refractivity contribution >= 4 is 28.5 Å². The number of nitrogens with zero attached hydrogens (tertiary/aromatic N) is 4. The summed E-state index contributed by atoms with van der Waals surface area (Å²) in [7, 11) is 1.55. The summed E-state index contributed by atoms with van der Waals surface area (Å²) in [5.41, 5.74) is 0.713. The highest BCUT2D eigenvalue weighted by Crippen LogP contribution is 2.17. The predicted octanol–water partition coefficient (Wildman–Crippen LogP) is 2.59. The van der Waals surface area contributed by atoms with Gasteiger partial charge in [-0.15, -0.1) is 0 Å². The van der Waals surface area contributed by atoms with Crippen LogP contribution in [0, 0.1) is 6.92 Å². The molecule has 0 bridgehead atoms. The van der Waals surface area contributed by atoms with E-state index in [4.69, 9.17) is 11.6 Å². The van der Waals surface area contributed by atoms with E-state index >= 15 is 0 Å². The van der Waals surface area contributed by atoms with Gasteiger partial charge in [0, 0.05) is 30.9 Å². The number of benzene rings is 1. The Balaban J connectivity index is 2.32. The minimum Gasteiger partial charge on any atom is -0.339 e. The molecule has 7 nitrogen and oxygen atoms in total. The van der Waals surface area contributed by atoms with Crippen molar-refractivity contribution in [2.24, 2.45) is 7.05 Å². The first-order valence-corrected chi connectivity index (χ1v) is 9.81. The van der Waals surface area contributed by atoms with Crippen LogP contribution in [-0.4, -0.2) is 38.0 Å². The Morgan fingerprint density at radius 2 is 1.86 bits per heavy atom. The first-order valence-electron chi connectivity index (χ1n) is 9.43. The van der Waals surface area contributed by atoms with E-state index in [9.17, 15) is 14.4 Å². The Bertz CT molecular complexity index is 1210. The molecule has 29 heavy (non-hydrogen) atoms.